The van der Waals surface area contributed by atoms with E-state index in [1.165, 1.54) is 9.75 Å². The Kier molecular flexibility index (Phi) is 5.82. The van der Waals surface area contributed by atoms with E-state index in [9.17, 15) is 0 Å². The highest BCUT2D eigenvalue weighted by Crippen LogP contribution is 2.22. The van der Waals surface area contributed by atoms with Crippen LogP contribution in [0.2, 0.25) is 0 Å². The van der Waals surface area contributed by atoms with Gasteiger partial charge in [0.15, 0.2) is 5.96 Å². The van der Waals surface area contributed by atoms with E-state index in [2.05, 4.69) is 60.4 Å². The third kappa shape index (κ3) is 5.10. The number of nitrogens with zero attached hydrogens (tertiary/aromatic N) is 2. The minimum absolute atomic E-state index is 0.0265. The Bertz CT molecular complexity index is 652. The van der Waals surface area contributed by atoms with Gasteiger partial charge in [-0.05, 0) is 18.6 Å². The van der Waals surface area contributed by atoms with E-state index >= 15 is 0 Å². The summed E-state index contributed by atoms with van der Waals surface area (Å²) in [7, 11) is 1.76. The van der Waals surface area contributed by atoms with Crippen LogP contribution < -0.4 is 10.6 Å². The van der Waals surface area contributed by atoms with Crippen molar-refractivity contribution in [1.82, 2.24) is 15.6 Å². The zero-order chi connectivity index (χ0) is 16.9. The maximum Gasteiger partial charge on any atom is 0.213 e. The molecule has 5 nitrogen and oxygen atoms in total. The second kappa shape index (κ2) is 7.64. The van der Waals surface area contributed by atoms with Crippen LogP contribution in [0.4, 0.5) is 0 Å². The van der Waals surface area contributed by atoms with Gasteiger partial charge in [-0.1, -0.05) is 27.7 Å². The predicted molar refractivity (Wildman–Crippen MR) is 95.9 cm³/mol. The van der Waals surface area contributed by atoms with Crippen molar-refractivity contribution in [3.8, 4) is 0 Å². The standard InChI is InChI=1S/C17H26N4OS/c1-6-12-7-8-13(23-12)9-20-16(18-5)21-11-15-19-10-14(22-15)17(2,3)4/h7-8,10H,6,9,11H2,1-5H3,(H2,18,20,21). The van der Waals surface area contributed by atoms with Gasteiger partial charge in [0.25, 0.3) is 0 Å². The maximum atomic E-state index is 5.77. The second-order valence-electron chi connectivity index (χ2n) is 6.37. The van der Waals surface area contributed by atoms with Crippen molar-refractivity contribution in [2.24, 2.45) is 4.99 Å². The van der Waals surface area contributed by atoms with Crippen LogP contribution in [0.15, 0.2) is 27.7 Å². The Hall–Kier alpha value is -1.82. The van der Waals surface area contributed by atoms with E-state index in [-0.39, 0.29) is 5.41 Å². The van der Waals surface area contributed by atoms with Crippen molar-refractivity contribution in [2.75, 3.05) is 7.05 Å². The Labute approximate surface area is 142 Å². The Morgan fingerprint density at radius 2 is 1.91 bits per heavy atom. The number of guanidine groups is 1. The molecule has 0 saturated heterocycles. The van der Waals surface area contributed by atoms with Crippen molar-refractivity contribution in [1.29, 1.82) is 0 Å². The molecule has 0 saturated carbocycles. The van der Waals surface area contributed by atoms with E-state index in [1.54, 1.807) is 13.2 Å². The molecular formula is C17H26N4OS. The summed E-state index contributed by atoms with van der Waals surface area (Å²) in [6, 6.07) is 4.34. The van der Waals surface area contributed by atoms with Crippen molar-refractivity contribution in [3.63, 3.8) is 0 Å². The van der Waals surface area contributed by atoms with Crippen LogP contribution in [0.25, 0.3) is 0 Å². The minimum atomic E-state index is -0.0265. The summed E-state index contributed by atoms with van der Waals surface area (Å²) in [4.78, 5) is 11.2. The van der Waals surface area contributed by atoms with Crippen LogP contribution >= 0.6 is 11.3 Å². The molecule has 2 N–H and O–H groups in total. The van der Waals surface area contributed by atoms with Gasteiger partial charge < -0.3 is 15.1 Å². The fourth-order valence-electron chi connectivity index (χ4n) is 2.00. The summed E-state index contributed by atoms with van der Waals surface area (Å²) < 4.78 is 5.77. The van der Waals surface area contributed by atoms with Crippen molar-refractivity contribution >= 4 is 17.3 Å². The average molecular weight is 334 g/mol. The molecule has 2 rings (SSSR count). The summed E-state index contributed by atoms with van der Waals surface area (Å²) in [5.41, 5.74) is -0.0265. The first kappa shape index (κ1) is 17.5. The maximum absolute atomic E-state index is 5.77. The van der Waals surface area contributed by atoms with E-state index in [4.69, 9.17) is 4.42 Å². The lowest BCUT2D eigenvalue weighted by Gasteiger charge is -2.13. The Balaban J connectivity index is 1.84. The quantitative estimate of drug-likeness (QED) is 0.649. The van der Waals surface area contributed by atoms with Gasteiger partial charge in [0.05, 0.1) is 19.3 Å². The number of hydrogen-bond donors (Lipinski definition) is 2. The number of thiophene rings is 1. The monoisotopic (exact) mass is 334 g/mol. The molecule has 0 fully saturated rings. The van der Waals surface area contributed by atoms with Crippen LogP contribution in [-0.2, 0) is 24.9 Å². The molecule has 0 unspecified atom stereocenters. The van der Waals surface area contributed by atoms with Crippen molar-refractivity contribution < 1.29 is 4.42 Å². The smallest absolute Gasteiger partial charge is 0.213 e. The summed E-state index contributed by atoms with van der Waals surface area (Å²) in [5.74, 6) is 2.30. The van der Waals surface area contributed by atoms with Crippen LogP contribution in [0.5, 0.6) is 0 Å². The summed E-state index contributed by atoms with van der Waals surface area (Å²) >= 11 is 1.83. The molecule has 2 heterocycles. The lowest BCUT2D eigenvalue weighted by Crippen LogP contribution is -2.36. The number of aliphatic imine (C=N–C) groups is 1. The molecule has 2 aromatic heterocycles. The highest BCUT2D eigenvalue weighted by Gasteiger charge is 2.19. The molecule has 0 aliphatic rings. The van der Waals surface area contributed by atoms with Gasteiger partial charge in [-0.15, -0.1) is 11.3 Å². The van der Waals surface area contributed by atoms with Gasteiger partial charge in [-0.2, -0.15) is 0 Å². The molecule has 0 spiro atoms. The summed E-state index contributed by atoms with van der Waals surface area (Å²) in [6.45, 7) is 9.78. The molecule has 0 amide bonds. The van der Waals surface area contributed by atoms with Crippen LogP contribution in [0.1, 0.15) is 49.1 Å². The van der Waals surface area contributed by atoms with Crippen molar-refractivity contribution in [2.45, 2.75) is 52.6 Å². The predicted octanol–water partition coefficient (Wildman–Crippen LogP) is 3.46. The molecule has 0 bridgehead atoms. The van der Waals surface area contributed by atoms with Gasteiger partial charge in [-0.3, -0.25) is 4.99 Å². The number of rotatable bonds is 5. The lowest BCUT2D eigenvalue weighted by molar-refractivity contribution is 0.379. The third-order valence-electron chi connectivity index (χ3n) is 3.42. The molecule has 0 aromatic carbocycles. The van der Waals surface area contributed by atoms with Crippen LogP contribution in [-0.4, -0.2) is 18.0 Å². The molecule has 0 aliphatic carbocycles. The van der Waals surface area contributed by atoms with Crippen LogP contribution in [0.3, 0.4) is 0 Å². The zero-order valence-electron chi connectivity index (χ0n) is 14.6. The molecule has 2 aromatic rings. The molecule has 126 valence electrons. The van der Waals surface area contributed by atoms with E-state index < -0.39 is 0 Å². The largest absolute Gasteiger partial charge is 0.443 e. The number of aromatic nitrogens is 1. The number of nitrogens with one attached hydrogen (secondary N) is 2. The van der Waals surface area contributed by atoms with Crippen molar-refractivity contribution in [3.05, 3.63) is 39.7 Å². The number of hydrogen-bond acceptors (Lipinski definition) is 4. The normalized spacial score (nSPS) is 12.5. The number of aryl methyl sites for hydroxylation is 1. The zero-order valence-corrected chi connectivity index (χ0v) is 15.4. The minimum Gasteiger partial charge on any atom is -0.443 e. The van der Waals surface area contributed by atoms with Gasteiger partial charge in [0.1, 0.15) is 5.76 Å². The first-order chi connectivity index (χ1) is 10.9. The molecule has 23 heavy (non-hydrogen) atoms. The average Bonchev–Trinajstić information content (AvgIpc) is 3.15. The van der Waals surface area contributed by atoms with Gasteiger partial charge >= 0.3 is 0 Å². The second-order valence-corrected chi connectivity index (χ2v) is 7.62. The van der Waals surface area contributed by atoms with Gasteiger partial charge in [0, 0.05) is 22.2 Å². The Morgan fingerprint density at radius 1 is 1.22 bits per heavy atom. The third-order valence-corrected chi connectivity index (χ3v) is 4.65. The highest BCUT2D eigenvalue weighted by molar-refractivity contribution is 7.11. The molecule has 0 aliphatic heterocycles. The van der Waals surface area contributed by atoms with E-state index in [0.717, 1.165) is 24.7 Å². The Morgan fingerprint density at radius 3 is 2.48 bits per heavy atom. The molecule has 0 atom stereocenters. The van der Waals surface area contributed by atoms with E-state index in [1.807, 2.05) is 11.3 Å². The molecular weight excluding hydrogens is 308 g/mol. The fraction of sp³-hybridized carbons (Fsp3) is 0.529. The van der Waals surface area contributed by atoms with E-state index in [0.29, 0.717) is 12.4 Å². The molecule has 0 radical (unpaired) electrons. The summed E-state index contributed by atoms with van der Waals surface area (Å²) in [6.07, 6.45) is 2.88. The van der Waals surface area contributed by atoms with Gasteiger partial charge in [-0.25, -0.2) is 4.98 Å². The van der Waals surface area contributed by atoms with Gasteiger partial charge in [0.2, 0.25) is 5.89 Å². The highest BCUT2D eigenvalue weighted by atomic mass is 32.1. The SMILES string of the molecule is CCc1ccc(CNC(=NC)NCc2ncc(C(C)(C)C)o2)s1. The fourth-order valence-corrected chi connectivity index (χ4v) is 2.89. The lowest BCUT2D eigenvalue weighted by atomic mass is 9.94. The molecule has 6 heteroatoms. The van der Waals surface area contributed by atoms with Crippen LogP contribution in [0, 0.1) is 0 Å². The number of oxazole rings is 1. The first-order valence-electron chi connectivity index (χ1n) is 7.89. The first-order valence-corrected chi connectivity index (χ1v) is 8.71. The topological polar surface area (TPSA) is 62.5 Å². The summed E-state index contributed by atoms with van der Waals surface area (Å²) in [5, 5.41) is 6.54.